The van der Waals surface area contributed by atoms with Gasteiger partial charge in [-0.15, -0.1) is 0 Å². The number of hydrogen-bond donors (Lipinski definition) is 2. The van der Waals surface area contributed by atoms with Crippen LogP contribution in [0.15, 0.2) is 23.1 Å². The highest BCUT2D eigenvalue weighted by Gasteiger charge is 2.22. The van der Waals surface area contributed by atoms with E-state index in [-0.39, 0.29) is 22.7 Å². The molecule has 0 radical (unpaired) electrons. The Morgan fingerprint density at radius 1 is 1.42 bits per heavy atom. The second-order valence-corrected chi connectivity index (χ2v) is 6.58. The predicted molar refractivity (Wildman–Crippen MR) is 69.3 cm³/mol. The minimum absolute atomic E-state index is 0.0395. The number of nitro benzene ring substituents is 1. The molecule has 0 atom stereocenters. The van der Waals surface area contributed by atoms with Crippen LogP contribution in [0.3, 0.4) is 0 Å². The van der Waals surface area contributed by atoms with Gasteiger partial charge in [0.05, 0.1) is 15.4 Å². The topological polar surface area (TPSA) is 110 Å². The molecule has 0 unspecified atom stereocenters. The molecule has 0 aliphatic carbocycles. The first-order valence-corrected chi connectivity index (χ1v) is 6.98. The molecule has 2 N–H and O–H groups in total. The molecule has 0 aliphatic rings. The number of nitrogens with one attached hydrogen (secondary N) is 1. The summed E-state index contributed by atoms with van der Waals surface area (Å²) in [6.07, 6.45) is 0. The Morgan fingerprint density at radius 3 is 2.42 bits per heavy atom. The van der Waals surface area contributed by atoms with Gasteiger partial charge in [0.2, 0.25) is 10.0 Å². The first-order chi connectivity index (χ1) is 8.53. The minimum atomic E-state index is -3.80. The standard InChI is InChI=1S/C11H16N2O5S/c1-8-6-9(13(15)16)4-5-10(8)19(17,18)12-7-11(2,3)14/h4-6,12,14H,7H2,1-3H3. The van der Waals surface area contributed by atoms with Gasteiger partial charge in [-0.1, -0.05) is 0 Å². The fraction of sp³-hybridized carbons (Fsp3) is 0.455. The number of nitrogens with zero attached hydrogens (tertiary/aromatic N) is 1. The van der Waals surface area contributed by atoms with Gasteiger partial charge < -0.3 is 5.11 Å². The van der Waals surface area contributed by atoms with Gasteiger partial charge >= 0.3 is 0 Å². The highest BCUT2D eigenvalue weighted by Crippen LogP contribution is 2.21. The van der Waals surface area contributed by atoms with E-state index in [4.69, 9.17) is 0 Å². The van der Waals surface area contributed by atoms with Crippen molar-refractivity contribution in [3.05, 3.63) is 33.9 Å². The molecular weight excluding hydrogens is 272 g/mol. The number of hydrogen-bond acceptors (Lipinski definition) is 5. The van der Waals surface area contributed by atoms with E-state index in [0.29, 0.717) is 0 Å². The Morgan fingerprint density at radius 2 is 2.00 bits per heavy atom. The third-order valence-corrected chi connectivity index (χ3v) is 3.92. The summed E-state index contributed by atoms with van der Waals surface area (Å²) < 4.78 is 26.2. The molecule has 0 aliphatic heterocycles. The lowest BCUT2D eigenvalue weighted by Crippen LogP contribution is -2.38. The first kappa shape index (κ1) is 15.5. The average molecular weight is 288 g/mol. The second kappa shape index (κ2) is 5.24. The van der Waals surface area contributed by atoms with Crippen LogP contribution in [-0.2, 0) is 10.0 Å². The number of non-ortho nitro benzene ring substituents is 1. The van der Waals surface area contributed by atoms with Crippen LogP contribution >= 0.6 is 0 Å². The summed E-state index contributed by atoms with van der Waals surface area (Å²) in [4.78, 5) is 9.95. The lowest BCUT2D eigenvalue weighted by molar-refractivity contribution is -0.385. The van der Waals surface area contributed by atoms with E-state index in [9.17, 15) is 23.6 Å². The average Bonchev–Trinajstić information content (AvgIpc) is 2.25. The zero-order valence-electron chi connectivity index (χ0n) is 10.9. The van der Waals surface area contributed by atoms with Crippen molar-refractivity contribution in [1.82, 2.24) is 4.72 Å². The number of rotatable bonds is 5. The van der Waals surface area contributed by atoms with E-state index in [1.165, 1.54) is 32.9 Å². The van der Waals surface area contributed by atoms with Gasteiger partial charge in [-0.05, 0) is 32.4 Å². The molecule has 0 aromatic heterocycles. The van der Waals surface area contributed by atoms with E-state index in [2.05, 4.69) is 4.72 Å². The van der Waals surface area contributed by atoms with E-state index in [1.54, 1.807) is 0 Å². The Hall–Kier alpha value is -1.51. The summed E-state index contributed by atoms with van der Waals surface area (Å²) in [5.41, 5.74) is -1.07. The Kier molecular flexibility index (Phi) is 4.28. The summed E-state index contributed by atoms with van der Waals surface area (Å²) in [6, 6.07) is 3.50. The highest BCUT2D eigenvalue weighted by atomic mass is 32.2. The highest BCUT2D eigenvalue weighted by molar-refractivity contribution is 7.89. The lowest BCUT2D eigenvalue weighted by atomic mass is 10.1. The van der Waals surface area contributed by atoms with E-state index in [1.807, 2.05) is 0 Å². The van der Waals surface area contributed by atoms with E-state index < -0.39 is 20.5 Å². The lowest BCUT2D eigenvalue weighted by Gasteiger charge is -2.18. The van der Waals surface area contributed by atoms with Crippen molar-refractivity contribution in [2.24, 2.45) is 0 Å². The van der Waals surface area contributed by atoms with E-state index >= 15 is 0 Å². The van der Waals surface area contributed by atoms with Gasteiger partial charge in [-0.3, -0.25) is 10.1 Å². The Labute approximate surface area is 111 Å². The molecule has 8 heteroatoms. The number of aliphatic hydroxyl groups is 1. The predicted octanol–water partition coefficient (Wildman–Crippen LogP) is 0.952. The van der Waals surface area contributed by atoms with Gasteiger partial charge in [0.15, 0.2) is 0 Å². The molecule has 1 rings (SSSR count). The van der Waals surface area contributed by atoms with Crippen molar-refractivity contribution in [2.45, 2.75) is 31.3 Å². The van der Waals surface area contributed by atoms with Crippen LogP contribution in [0.5, 0.6) is 0 Å². The maximum Gasteiger partial charge on any atom is 0.269 e. The Bertz CT molecular complexity index is 590. The van der Waals surface area contributed by atoms with Gasteiger partial charge in [0.25, 0.3) is 5.69 Å². The second-order valence-electron chi connectivity index (χ2n) is 4.84. The maximum atomic E-state index is 12.0. The number of sulfonamides is 1. The molecule has 1 aromatic carbocycles. The van der Waals surface area contributed by atoms with Crippen LogP contribution in [0.25, 0.3) is 0 Å². The van der Waals surface area contributed by atoms with Crippen LogP contribution in [-0.4, -0.2) is 30.6 Å². The van der Waals surface area contributed by atoms with Gasteiger partial charge in [0, 0.05) is 18.7 Å². The summed E-state index contributed by atoms with van der Waals surface area (Å²) >= 11 is 0. The van der Waals surface area contributed by atoms with Gasteiger partial charge in [0.1, 0.15) is 0 Å². The molecule has 0 fully saturated rings. The fourth-order valence-electron chi connectivity index (χ4n) is 1.40. The number of nitro groups is 1. The third-order valence-electron chi connectivity index (χ3n) is 2.35. The van der Waals surface area contributed by atoms with Crippen molar-refractivity contribution < 1.29 is 18.4 Å². The molecule has 0 heterocycles. The molecule has 0 saturated heterocycles. The van der Waals surface area contributed by atoms with Crippen LogP contribution in [0, 0.1) is 17.0 Å². The minimum Gasteiger partial charge on any atom is -0.389 e. The molecule has 106 valence electrons. The molecular formula is C11H16N2O5S. The molecule has 0 spiro atoms. The van der Waals surface area contributed by atoms with Crippen LogP contribution in [0.1, 0.15) is 19.4 Å². The monoisotopic (exact) mass is 288 g/mol. The summed E-state index contributed by atoms with van der Waals surface area (Å²) in [6.45, 7) is 4.27. The molecule has 7 nitrogen and oxygen atoms in total. The molecule has 19 heavy (non-hydrogen) atoms. The molecule has 0 saturated carbocycles. The SMILES string of the molecule is Cc1cc([N+](=O)[O-])ccc1S(=O)(=O)NCC(C)(C)O. The number of aryl methyl sites for hydroxylation is 1. The van der Waals surface area contributed by atoms with Gasteiger partial charge in [-0.25, -0.2) is 13.1 Å². The first-order valence-electron chi connectivity index (χ1n) is 5.50. The van der Waals surface area contributed by atoms with Crippen molar-refractivity contribution >= 4 is 15.7 Å². The summed E-state index contributed by atoms with van der Waals surface area (Å²) in [5, 5.41) is 20.1. The van der Waals surface area contributed by atoms with Gasteiger partial charge in [-0.2, -0.15) is 0 Å². The van der Waals surface area contributed by atoms with Crippen molar-refractivity contribution in [1.29, 1.82) is 0 Å². The molecule has 0 bridgehead atoms. The zero-order chi connectivity index (χ0) is 14.8. The van der Waals surface area contributed by atoms with Crippen molar-refractivity contribution in [3.63, 3.8) is 0 Å². The van der Waals surface area contributed by atoms with Crippen LogP contribution in [0.4, 0.5) is 5.69 Å². The zero-order valence-corrected chi connectivity index (χ0v) is 11.7. The maximum absolute atomic E-state index is 12.0. The number of benzene rings is 1. The molecule has 1 aromatic rings. The third kappa shape index (κ3) is 4.27. The summed E-state index contributed by atoms with van der Waals surface area (Å²) in [7, 11) is -3.80. The fourth-order valence-corrected chi connectivity index (χ4v) is 2.83. The van der Waals surface area contributed by atoms with Crippen LogP contribution in [0.2, 0.25) is 0 Å². The van der Waals surface area contributed by atoms with Crippen LogP contribution < -0.4 is 4.72 Å². The smallest absolute Gasteiger partial charge is 0.269 e. The quantitative estimate of drug-likeness (QED) is 0.619. The van der Waals surface area contributed by atoms with E-state index in [0.717, 1.165) is 6.07 Å². The van der Waals surface area contributed by atoms with Crippen molar-refractivity contribution in [2.75, 3.05) is 6.54 Å². The summed E-state index contributed by atoms with van der Waals surface area (Å²) in [5.74, 6) is 0. The largest absolute Gasteiger partial charge is 0.389 e. The normalized spacial score (nSPS) is 12.4. The molecule has 0 amide bonds. The van der Waals surface area contributed by atoms with Crippen molar-refractivity contribution in [3.8, 4) is 0 Å². The Balaban J connectivity index is 3.06.